The molecule has 2 atom stereocenters. The molecular weight excluding hydrogens is 394 g/mol. The molecule has 2 aliphatic rings. The monoisotopic (exact) mass is 425 g/mol. The second-order valence-electron chi connectivity index (χ2n) is 8.42. The summed E-state index contributed by atoms with van der Waals surface area (Å²) >= 11 is 0. The van der Waals surface area contributed by atoms with Crippen molar-refractivity contribution in [2.75, 3.05) is 33.1 Å². The fraction of sp³-hybridized carbons (Fsp3) is 0.480. The van der Waals surface area contributed by atoms with E-state index in [0.717, 1.165) is 42.1 Å². The Balaban J connectivity index is 1.46. The fourth-order valence-electron chi connectivity index (χ4n) is 4.57. The summed E-state index contributed by atoms with van der Waals surface area (Å²) in [4.78, 5) is 13.6. The van der Waals surface area contributed by atoms with E-state index in [1.807, 2.05) is 32.0 Å². The highest BCUT2D eigenvalue weighted by atomic mass is 16.7. The van der Waals surface area contributed by atoms with Crippen molar-refractivity contribution in [1.29, 1.82) is 0 Å². The Morgan fingerprint density at radius 3 is 2.68 bits per heavy atom. The van der Waals surface area contributed by atoms with Crippen LogP contribution in [0.4, 0.5) is 0 Å². The Kier molecular flexibility index (Phi) is 6.78. The van der Waals surface area contributed by atoms with Crippen molar-refractivity contribution >= 4 is 6.29 Å². The van der Waals surface area contributed by atoms with Gasteiger partial charge in [0.05, 0.1) is 19.3 Å². The van der Waals surface area contributed by atoms with Crippen molar-refractivity contribution in [3.05, 3.63) is 53.1 Å². The molecular formula is C25H31NO5. The van der Waals surface area contributed by atoms with Crippen molar-refractivity contribution in [2.24, 2.45) is 0 Å². The highest BCUT2D eigenvalue weighted by Gasteiger charge is 2.35. The normalized spacial score (nSPS) is 20.4. The van der Waals surface area contributed by atoms with Gasteiger partial charge < -0.3 is 23.7 Å². The maximum atomic E-state index is 11.3. The number of hydrogen-bond donors (Lipinski definition) is 0. The third-order valence-corrected chi connectivity index (χ3v) is 6.05. The number of likely N-dealkylation sites (tertiary alicyclic amines) is 1. The molecule has 0 spiro atoms. The number of carbonyl (C=O) groups excluding carboxylic acids is 1. The van der Waals surface area contributed by atoms with Gasteiger partial charge in [0.2, 0.25) is 6.79 Å². The lowest BCUT2D eigenvalue weighted by Crippen LogP contribution is -2.25. The molecule has 166 valence electrons. The minimum absolute atomic E-state index is 0.193. The van der Waals surface area contributed by atoms with Gasteiger partial charge in [0.25, 0.3) is 0 Å². The molecule has 1 fully saturated rings. The molecule has 0 aliphatic carbocycles. The zero-order chi connectivity index (χ0) is 21.8. The van der Waals surface area contributed by atoms with Crippen molar-refractivity contribution in [2.45, 2.75) is 45.3 Å². The van der Waals surface area contributed by atoms with Gasteiger partial charge in [-0.3, -0.25) is 4.90 Å². The number of carbonyl (C=O) groups is 1. The SMILES string of the molecule is Cc1c([C@@H]2C[C@H](c3ccc(OCCOC(C)C)cc3)N(CC=O)C2)ccc2c1OCO2. The summed E-state index contributed by atoms with van der Waals surface area (Å²) in [6.45, 7) is 8.77. The van der Waals surface area contributed by atoms with Crippen molar-refractivity contribution in [1.82, 2.24) is 4.90 Å². The van der Waals surface area contributed by atoms with E-state index in [1.54, 1.807) is 0 Å². The summed E-state index contributed by atoms with van der Waals surface area (Å²) in [6, 6.07) is 12.6. The zero-order valence-electron chi connectivity index (χ0n) is 18.5. The van der Waals surface area contributed by atoms with Crippen molar-refractivity contribution in [3.63, 3.8) is 0 Å². The van der Waals surface area contributed by atoms with Gasteiger partial charge in [-0.2, -0.15) is 0 Å². The second-order valence-corrected chi connectivity index (χ2v) is 8.42. The van der Waals surface area contributed by atoms with E-state index in [1.165, 1.54) is 11.1 Å². The molecule has 4 rings (SSSR count). The van der Waals surface area contributed by atoms with Crippen molar-refractivity contribution in [3.8, 4) is 17.2 Å². The van der Waals surface area contributed by atoms with Gasteiger partial charge in [-0.15, -0.1) is 0 Å². The van der Waals surface area contributed by atoms with Crippen LogP contribution in [0.3, 0.4) is 0 Å². The smallest absolute Gasteiger partial charge is 0.231 e. The molecule has 0 amide bonds. The maximum absolute atomic E-state index is 11.3. The van der Waals surface area contributed by atoms with Gasteiger partial charge in [-0.1, -0.05) is 18.2 Å². The maximum Gasteiger partial charge on any atom is 0.231 e. The molecule has 0 bridgehead atoms. The molecule has 31 heavy (non-hydrogen) atoms. The van der Waals surface area contributed by atoms with Crippen LogP contribution in [0.25, 0.3) is 0 Å². The molecule has 2 aromatic carbocycles. The average Bonchev–Trinajstić information content (AvgIpc) is 3.40. The first-order chi connectivity index (χ1) is 15.1. The largest absolute Gasteiger partial charge is 0.491 e. The topological polar surface area (TPSA) is 57.2 Å². The summed E-state index contributed by atoms with van der Waals surface area (Å²) in [5, 5.41) is 0. The van der Waals surface area contributed by atoms with E-state index in [9.17, 15) is 4.79 Å². The van der Waals surface area contributed by atoms with Crippen LogP contribution in [0.1, 0.15) is 48.9 Å². The number of hydrogen-bond acceptors (Lipinski definition) is 6. The van der Waals surface area contributed by atoms with Gasteiger partial charge in [-0.25, -0.2) is 0 Å². The Bertz CT molecular complexity index is 896. The number of ether oxygens (including phenoxy) is 4. The first-order valence-electron chi connectivity index (χ1n) is 11.0. The van der Waals surface area contributed by atoms with E-state index in [-0.39, 0.29) is 18.9 Å². The van der Waals surface area contributed by atoms with Crippen LogP contribution in [0.15, 0.2) is 36.4 Å². The van der Waals surface area contributed by atoms with Crippen LogP contribution in [-0.4, -0.2) is 50.4 Å². The highest BCUT2D eigenvalue weighted by molar-refractivity contribution is 5.54. The highest BCUT2D eigenvalue weighted by Crippen LogP contribution is 2.45. The Morgan fingerprint density at radius 1 is 1.13 bits per heavy atom. The second kappa shape index (κ2) is 9.71. The molecule has 2 aromatic rings. The number of benzene rings is 2. The van der Waals surface area contributed by atoms with Crippen LogP contribution >= 0.6 is 0 Å². The summed E-state index contributed by atoms with van der Waals surface area (Å²) in [6.07, 6.45) is 2.16. The molecule has 1 saturated heterocycles. The third kappa shape index (κ3) is 4.86. The van der Waals surface area contributed by atoms with Gasteiger partial charge in [0.15, 0.2) is 11.5 Å². The van der Waals surface area contributed by atoms with E-state index >= 15 is 0 Å². The van der Waals surface area contributed by atoms with Gasteiger partial charge >= 0.3 is 0 Å². The van der Waals surface area contributed by atoms with Crippen LogP contribution in [0.5, 0.6) is 17.2 Å². The Labute approximate surface area is 184 Å². The standard InChI is InChI=1S/C25H31NO5/c1-17(2)28-12-13-29-21-6-4-19(5-7-21)23-14-20(15-26(23)10-11-27)22-8-9-24-25(18(22)3)31-16-30-24/h4-9,11,17,20,23H,10,12-16H2,1-3H3/t20-,23-/m1/s1. The lowest BCUT2D eigenvalue weighted by molar-refractivity contribution is -0.109. The molecule has 6 nitrogen and oxygen atoms in total. The lowest BCUT2D eigenvalue weighted by Gasteiger charge is -2.22. The molecule has 0 saturated carbocycles. The molecule has 0 N–H and O–H groups in total. The minimum Gasteiger partial charge on any atom is -0.491 e. The average molecular weight is 426 g/mol. The molecule has 6 heteroatoms. The lowest BCUT2D eigenvalue weighted by atomic mass is 9.90. The number of rotatable bonds is 9. The van der Waals surface area contributed by atoms with E-state index < -0.39 is 0 Å². The summed E-state index contributed by atoms with van der Waals surface area (Å²) in [7, 11) is 0. The first kappa shape index (κ1) is 21.7. The summed E-state index contributed by atoms with van der Waals surface area (Å²) in [5.41, 5.74) is 3.61. The van der Waals surface area contributed by atoms with Gasteiger partial charge in [-0.05, 0) is 68.0 Å². The van der Waals surface area contributed by atoms with E-state index in [0.29, 0.717) is 25.7 Å². The summed E-state index contributed by atoms with van der Waals surface area (Å²) in [5.74, 6) is 2.84. The molecule has 0 radical (unpaired) electrons. The molecule has 0 aromatic heterocycles. The Morgan fingerprint density at radius 2 is 1.94 bits per heavy atom. The third-order valence-electron chi connectivity index (χ3n) is 6.05. The van der Waals surface area contributed by atoms with Crippen LogP contribution < -0.4 is 14.2 Å². The summed E-state index contributed by atoms with van der Waals surface area (Å²) < 4.78 is 22.5. The number of aldehydes is 1. The van der Waals surface area contributed by atoms with Crippen molar-refractivity contribution < 1.29 is 23.7 Å². The van der Waals surface area contributed by atoms with Crippen LogP contribution in [0, 0.1) is 6.92 Å². The fourth-order valence-corrected chi connectivity index (χ4v) is 4.57. The molecule has 2 aliphatic heterocycles. The zero-order valence-corrected chi connectivity index (χ0v) is 18.5. The minimum atomic E-state index is 0.193. The van der Waals surface area contributed by atoms with Gasteiger partial charge in [0.1, 0.15) is 18.6 Å². The number of fused-ring (bicyclic) bond motifs is 1. The van der Waals surface area contributed by atoms with Gasteiger partial charge in [0, 0.05) is 12.6 Å². The number of nitrogens with zero attached hydrogens (tertiary/aromatic N) is 1. The van der Waals surface area contributed by atoms with E-state index in [2.05, 4.69) is 30.0 Å². The molecule has 2 heterocycles. The quantitative estimate of drug-likeness (QED) is 0.442. The van der Waals surface area contributed by atoms with Crippen LogP contribution in [-0.2, 0) is 9.53 Å². The Hall–Kier alpha value is -2.57. The van der Waals surface area contributed by atoms with Crippen LogP contribution in [0.2, 0.25) is 0 Å². The molecule has 0 unspecified atom stereocenters. The predicted molar refractivity (Wildman–Crippen MR) is 118 cm³/mol. The predicted octanol–water partition coefficient (Wildman–Crippen LogP) is 4.26. The first-order valence-corrected chi connectivity index (χ1v) is 11.0. The van der Waals surface area contributed by atoms with E-state index in [4.69, 9.17) is 18.9 Å².